The Morgan fingerprint density at radius 1 is 1.18 bits per heavy atom. The first-order valence-electron chi connectivity index (χ1n) is 8.39. The Morgan fingerprint density at radius 3 is 2.59 bits per heavy atom. The zero-order valence-corrected chi connectivity index (χ0v) is 14.6. The maximum absolute atomic E-state index is 12.1. The van der Waals surface area contributed by atoms with E-state index in [2.05, 4.69) is 10.6 Å². The van der Waals surface area contributed by atoms with Crippen molar-refractivity contribution in [2.45, 2.75) is 69.9 Å². The van der Waals surface area contributed by atoms with E-state index in [9.17, 15) is 4.79 Å². The molecule has 3 aliphatic rings. The molecule has 1 aliphatic carbocycles. The van der Waals surface area contributed by atoms with Gasteiger partial charge in [-0.3, -0.25) is 0 Å². The Balaban J connectivity index is 1.57. The first kappa shape index (κ1) is 16.4. The minimum absolute atomic E-state index is 0.136. The van der Waals surface area contributed by atoms with Gasteiger partial charge in [-0.25, -0.2) is 4.79 Å². The molecule has 4 unspecified atom stereocenters. The number of rotatable bonds is 3. The molecule has 0 bridgehead atoms. The van der Waals surface area contributed by atoms with Crippen molar-refractivity contribution in [3.8, 4) is 0 Å². The van der Waals surface area contributed by atoms with Crippen LogP contribution >= 0.6 is 11.8 Å². The third kappa shape index (κ3) is 3.71. The predicted molar refractivity (Wildman–Crippen MR) is 88.3 cm³/mol. The summed E-state index contributed by atoms with van der Waals surface area (Å²) in [4.78, 5) is 12.1. The second-order valence-electron chi connectivity index (χ2n) is 7.54. The lowest BCUT2D eigenvalue weighted by Gasteiger charge is -2.49. The summed E-state index contributed by atoms with van der Waals surface area (Å²) in [5.74, 6) is 2.88. The lowest BCUT2D eigenvalue weighted by molar-refractivity contribution is -0.0379. The van der Waals surface area contributed by atoms with E-state index in [0.717, 1.165) is 13.0 Å². The minimum Gasteiger partial charge on any atom is -0.444 e. The Morgan fingerprint density at radius 2 is 1.91 bits per heavy atom. The van der Waals surface area contributed by atoms with E-state index in [1.165, 1.54) is 24.3 Å². The van der Waals surface area contributed by atoms with Gasteiger partial charge in [-0.05, 0) is 51.5 Å². The van der Waals surface area contributed by atoms with Crippen LogP contribution in [0.3, 0.4) is 0 Å². The summed E-state index contributed by atoms with van der Waals surface area (Å²) < 4.78 is 11.3. The molecule has 3 fully saturated rings. The van der Waals surface area contributed by atoms with E-state index in [0.29, 0.717) is 12.0 Å². The zero-order valence-electron chi connectivity index (χ0n) is 13.8. The first-order chi connectivity index (χ1) is 10.4. The second kappa shape index (κ2) is 6.57. The first-order valence-corrected chi connectivity index (χ1v) is 9.54. The van der Waals surface area contributed by atoms with Crippen LogP contribution in [-0.4, -0.2) is 54.0 Å². The van der Waals surface area contributed by atoms with Gasteiger partial charge in [0.15, 0.2) is 0 Å². The van der Waals surface area contributed by atoms with Crippen molar-refractivity contribution in [1.82, 2.24) is 10.6 Å². The number of hydrogen-bond acceptors (Lipinski definition) is 5. The molecule has 1 amide bonds. The van der Waals surface area contributed by atoms with Gasteiger partial charge in [-0.1, -0.05) is 0 Å². The molecule has 5 nitrogen and oxygen atoms in total. The number of amides is 1. The van der Waals surface area contributed by atoms with Gasteiger partial charge in [0, 0.05) is 18.6 Å². The second-order valence-corrected chi connectivity index (χ2v) is 8.76. The molecule has 0 aromatic carbocycles. The number of fused-ring (bicyclic) bond motifs is 1. The molecular formula is C16H28N2O3S. The zero-order chi connectivity index (χ0) is 15.7. The summed E-state index contributed by atoms with van der Waals surface area (Å²) in [5.41, 5.74) is -0.455. The summed E-state index contributed by atoms with van der Waals surface area (Å²) in [6, 6.07) is 0.921. The molecule has 0 spiro atoms. The van der Waals surface area contributed by atoms with Crippen LogP contribution in [0.25, 0.3) is 0 Å². The standard InChI is InChI=1S/C16H28N2O3S/c1-16(2,3)21-15(19)18-12-11-4-7-20-14(11)13(12)17-10-5-8-22-9-6-10/h10-14,17H,4-9H2,1-3H3,(H,18,19). The fourth-order valence-corrected chi connectivity index (χ4v) is 4.79. The largest absolute Gasteiger partial charge is 0.444 e. The van der Waals surface area contributed by atoms with E-state index in [1.54, 1.807) is 0 Å². The Hall–Kier alpha value is -0.460. The third-order valence-corrected chi connectivity index (χ3v) is 5.77. The fourth-order valence-electron chi connectivity index (χ4n) is 3.68. The van der Waals surface area contributed by atoms with E-state index in [4.69, 9.17) is 9.47 Å². The molecule has 0 aromatic rings. The lowest BCUT2D eigenvalue weighted by atomic mass is 9.71. The van der Waals surface area contributed by atoms with Crippen molar-refractivity contribution in [2.75, 3.05) is 18.1 Å². The van der Waals surface area contributed by atoms with Crippen molar-refractivity contribution >= 4 is 17.9 Å². The topological polar surface area (TPSA) is 59.6 Å². The van der Waals surface area contributed by atoms with E-state index >= 15 is 0 Å². The van der Waals surface area contributed by atoms with Crippen LogP contribution in [0.5, 0.6) is 0 Å². The highest BCUT2D eigenvalue weighted by atomic mass is 32.2. The van der Waals surface area contributed by atoms with Gasteiger partial charge in [0.2, 0.25) is 0 Å². The molecule has 1 saturated carbocycles. The summed E-state index contributed by atoms with van der Waals surface area (Å²) in [5, 5.41) is 6.81. The van der Waals surface area contributed by atoms with Crippen molar-refractivity contribution in [2.24, 2.45) is 5.92 Å². The Kier molecular flexibility index (Phi) is 4.90. The van der Waals surface area contributed by atoms with Crippen molar-refractivity contribution in [1.29, 1.82) is 0 Å². The molecule has 3 rings (SSSR count). The summed E-state index contributed by atoms with van der Waals surface area (Å²) >= 11 is 2.03. The quantitative estimate of drug-likeness (QED) is 0.831. The minimum atomic E-state index is -0.455. The average molecular weight is 328 g/mol. The van der Waals surface area contributed by atoms with Gasteiger partial charge in [-0.15, -0.1) is 0 Å². The van der Waals surface area contributed by atoms with E-state index in [-0.39, 0.29) is 24.3 Å². The SMILES string of the molecule is CC(C)(C)OC(=O)NC1C2CCOC2C1NC1CCSCC1. The molecule has 126 valence electrons. The van der Waals surface area contributed by atoms with Crippen molar-refractivity contribution in [3.05, 3.63) is 0 Å². The number of ether oxygens (including phenoxy) is 2. The van der Waals surface area contributed by atoms with Crippen LogP contribution in [0.15, 0.2) is 0 Å². The van der Waals surface area contributed by atoms with Crippen molar-refractivity contribution in [3.63, 3.8) is 0 Å². The summed E-state index contributed by atoms with van der Waals surface area (Å²) in [7, 11) is 0. The molecule has 2 heterocycles. The lowest BCUT2D eigenvalue weighted by Crippen LogP contribution is -2.71. The van der Waals surface area contributed by atoms with Gasteiger partial charge in [-0.2, -0.15) is 11.8 Å². The molecule has 2 N–H and O–H groups in total. The monoisotopic (exact) mass is 328 g/mol. The fraction of sp³-hybridized carbons (Fsp3) is 0.938. The van der Waals surface area contributed by atoms with Crippen LogP contribution in [0.4, 0.5) is 4.79 Å². The van der Waals surface area contributed by atoms with Crippen LogP contribution in [0.2, 0.25) is 0 Å². The molecule has 2 saturated heterocycles. The molecule has 22 heavy (non-hydrogen) atoms. The average Bonchev–Trinajstić information content (AvgIpc) is 2.86. The number of alkyl carbamates (subject to hydrolysis) is 1. The van der Waals surface area contributed by atoms with E-state index < -0.39 is 5.60 Å². The Labute approximate surface area is 137 Å². The third-order valence-electron chi connectivity index (χ3n) is 4.72. The molecule has 6 heteroatoms. The molecule has 0 radical (unpaired) electrons. The highest BCUT2D eigenvalue weighted by Gasteiger charge is 2.55. The number of nitrogens with one attached hydrogen (secondary N) is 2. The van der Waals surface area contributed by atoms with Crippen LogP contribution in [0, 0.1) is 5.92 Å². The molecular weight excluding hydrogens is 300 g/mol. The molecule has 0 aromatic heterocycles. The number of carbonyl (C=O) groups is 1. The smallest absolute Gasteiger partial charge is 0.407 e. The highest BCUT2D eigenvalue weighted by molar-refractivity contribution is 7.99. The van der Waals surface area contributed by atoms with Gasteiger partial charge < -0.3 is 20.1 Å². The number of hydrogen-bond donors (Lipinski definition) is 2. The number of carbonyl (C=O) groups excluding carboxylic acids is 1. The van der Waals surface area contributed by atoms with Crippen LogP contribution in [0.1, 0.15) is 40.0 Å². The van der Waals surface area contributed by atoms with Crippen molar-refractivity contribution < 1.29 is 14.3 Å². The van der Waals surface area contributed by atoms with Gasteiger partial charge in [0.25, 0.3) is 0 Å². The normalized spacial score (nSPS) is 35.6. The Bertz CT molecular complexity index is 407. The van der Waals surface area contributed by atoms with Gasteiger partial charge in [0.05, 0.1) is 18.2 Å². The maximum atomic E-state index is 12.1. The summed E-state index contributed by atoms with van der Waals surface area (Å²) in [6.45, 7) is 6.49. The van der Waals surface area contributed by atoms with Crippen LogP contribution < -0.4 is 10.6 Å². The predicted octanol–water partition coefficient (Wildman–Crippen LogP) is 2.15. The van der Waals surface area contributed by atoms with E-state index in [1.807, 2.05) is 32.5 Å². The number of thioether (sulfide) groups is 1. The van der Waals surface area contributed by atoms with Crippen LogP contribution in [-0.2, 0) is 9.47 Å². The molecule has 2 aliphatic heterocycles. The van der Waals surface area contributed by atoms with Gasteiger partial charge in [0.1, 0.15) is 5.60 Å². The van der Waals surface area contributed by atoms with Gasteiger partial charge >= 0.3 is 6.09 Å². The summed E-state index contributed by atoms with van der Waals surface area (Å²) in [6.07, 6.45) is 3.39. The maximum Gasteiger partial charge on any atom is 0.407 e. The molecule has 4 atom stereocenters. The highest BCUT2D eigenvalue weighted by Crippen LogP contribution is 2.40.